The monoisotopic (exact) mass is 417 g/mol. The Hall–Kier alpha value is -0.605. The molecule has 1 N–H and O–H groups in total. The molecule has 0 saturated heterocycles. The van der Waals surface area contributed by atoms with Crippen molar-refractivity contribution in [3.63, 3.8) is 0 Å². The molecule has 11 heteroatoms. The van der Waals surface area contributed by atoms with Crippen molar-refractivity contribution in [1.29, 1.82) is 0 Å². The Morgan fingerprint density at radius 3 is 1.19 bits per heavy atom. The van der Waals surface area contributed by atoms with Crippen molar-refractivity contribution in [2.45, 2.75) is 89.9 Å². The van der Waals surface area contributed by atoms with E-state index >= 15 is 0 Å². The second-order valence-corrected chi connectivity index (χ2v) is 5.79. The molecule has 0 atom stereocenters. The number of nitrogens with one attached hydrogen (secondary N) is 1. The third kappa shape index (κ3) is 20.0. The van der Waals surface area contributed by atoms with Gasteiger partial charge in [0.25, 0.3) is 0 Å². The second kappa shape index (κ2) is 18.7. The minimum absolute atomic E-state index is 0.0895. The van der Waals surface area contributed by atoms with Crippen LogP contribution < -0.4 is 5.32 Å². The van der Waals surface area contributed by atoms with E-state index in [4.69, 9.17) is 4.32 Å². The lowest BCUT2D eigenvalue weighted by molar-refractivity contribution is -0.133. The van der Waals surface area contributed by atoms with Gasteiger partial charge in [0.05, 0.1) is 0 Å². The average Bonchev–Trinajstić information content (AvgIpc) is 2.61. The van der Waals surface area contributed by atoms with Crippen molar-refractivity contribution in [1.82, 2.24) is 5.32 Å². The van der Waals surface area contributed by atoms with Crippen LogP contribution in [0.15, 0.2) is 0 Å². The van der Waals surface area contributed by atoms with Crippen molar-refractivity contribution in [3.05, 3.63) is 0 Å². The molecule has 27 heavy (non-hydrogen) atoms. The first-order valence-electron chi connectivity index (χ1n) is 8.75. The van der Waals surface area contributed by atoms with Gasteiger partial charge in [0, 0.05) is 12.8 Å². The molecule has 2 radical (unpaired) electrons. The lowest BCUT2D eigenvalue weighted by Gasteiger charge is -2.15. The maximum Gasteiger partial charge on any atom is 0.350 e. The molecule has 0 fully saturated rings. The molecule has 0 bridgehead atoms. The van der Waals surface area contributed by atoms with Crippen molar-refractivity contribution in [3.8, 4) is 0 Å². The molecule has 0 aliphatic rings. The van der Waals surface area contributed by atoms with Crippen LogP contribution in [0.2, 0.25) is 0 Å². The topological polar surface area (TPSA) is 12.0 Å². The predicted octanol–water partition coefficient (Wildman–Crippen LogP) is 6.56. The molecule has 1 nitrogen and oxygen atoms in total. The highest BCUT2D eigenvalue weighted by Crippen LogP contribution is 2.29. The van der Waals surface area contributed by atoms with Crippen LogP contribution in [0, 0.1) is 0 Å². The Morgan fingerprint density at radius 1 is 0.667 bits per heavy atom. The van der Waals surface area contributed by atoms with Crippen molar-refractivity contribution in [2.75, 3.05) is 13.1 Å². The van der Waals surface area contributed by atoms with E-state index < -0.39 is 37.5 Å². The van der Waals surface area contributed by atoms with E-state index in [1.807, 2.05) is 0 Å². The summed E-state index contributed by atoms with van der Waals surface area (Å²) in [5.74, 6) is -7.97. The van der Waals surface area contributed by atoms with Gasteiger partial charge in [-0.2, -0.15) is 0 Å². The van der Waals surface area contributed by atoms with Gasteiger partial charge in [-0.1, -0.05) is 26.7 Å². The fraction of sp³-hybridized carbons (Fsp3) is 1.00. The number of alkyl halides is 8. The number of unbranched alkanes of at least 4 members (excludes halogenated alkanes) is 3. The van der Waals surface area contributed by atoms with Crippen LogP contribution in [-0.2, 0) is 0 Å². The number of halogens is 9. The van der Waals surface area contributed by atoms with Gasteiger partial charge in [-0.05, 0) is 38.8 Å². The van der Waals surface area contributed by atoms with Crippen molar-refractivity contribution < 1.29 is 39.4 Å². The summed E-state index contributed by atoms with van der Waals surface area (Å²) in [7, 11) is 3.00. The van der Waals surface area contributed by atoms with E-state index in [0.717, 1.165) is 0 Å². The molecule has 0 unspecified atom stereocenters. The molecule has 0 aromatic rings. The lowest BCUT2D eigenvalue weighted by atomic mass is 10.1. The maximum atomic E-state index is 12.5. The number of rotatable bonds is 13. The Morgan fingerprint density at radius 2 is 0.963 bits per heavy atom. The molecular formula is C16H29BF9N. The van der Waals surface area contributed by atoms with Gasteiger partial charge in [0.2, 0.25) is 0 Å². The SMILES string of the molecule is CCCC.FC(F)C(F)(F)CCCCNCCCCC(F)(F)C(F)F.[B]F. The molecule has 0 heterocycles. The van der Waals surface area contributed by atoms with E-state index in [2.05, 4.69) is 27.3 Å². The number of hydrogen-bond donors (Lipinski definition) is 1. The van der Waals surface area contributed by atoms with Crippen LogP contribution in [0.4, 0.5) is 39.4 Å². The van der Waals surface area contributed by atoms with Gasteiger partial charge in [-0.25, -0.2) is 35.1 Å². The van der Waals surface area contributed by atoms with Gasteiger partial charge in [-0.15, -0.1) is 0 Å². The Balaban J connectivity index is -0.000000841. The number of hydrogen-bond acceptors (Lipinski definition) is 1. The van der Waals surface area contributed by atoms with Crippen LogP contribution >= 0.6 is 0 Å². The van der Waals surface area contributed by atoms with Gasteiger partial charge in [0.1, 0.15) is 0 Å². The van der Waals surface area contributed by atoms with Crippen molar-refractivity contribution in [2.24, 2.45) is 0 Å². The smallest absolute Gasteiger partial charge is 0.350 e. The summed E-state index contributed by atoms with van der Waals surface area (Å²) in [4.78, 5) is 0. The molecular weight excluding hydrogens is 388 g/mol. The normalized spacial score (nSPS) is 11.7. The molecule has 0 aromatic heterocycles. The lowest BCUT2D eigenvalue weighted by Crippen LogP contribution is -2.27. The quantitative estimate of drug-likeness (QED) is 0.203. The Kier molecular flexibility index (Phi) is 21.6. The largest absolute Gasteiger partial charge is 0.350 e. The van der Waals surface area contributed by atoms with Crippen LogP contribution in [-0.4, -0.2) is 45.9 Å². The highest BCUT2D eigenvalue weighted by Gasteiger charge is 2.40. The maximum absolute atomic E-state index is 12.5. The molecule has 0 aliphatic heterocycles. The minimum Gasteiger partial charge on any atom is -0.350 e. The summed E-state index contributed by atoms with van der Waals surface area (Å²) in [5.41, 5.74) is 0. The molecule has 0 aliphatic carbocycles. The first-order valence-corrected chi connectivity index (χ1v) is 8.75. The fourth-order valence-corrected chi connectivity index (χ4v) is 1.56. The van der Waals surface area contributed by atoms with Crippen LogP contribution in [0.25, 0.3) is 0 Å². The van der Waals surface area contributed by atoms with Crippen LogP contribution in [0.3, 0.4) is 0 Å². The van der Waals surface area contributed by atoms with Gasteiger partial charge in [0.15, 0.2) is 0 Å². The molecule has 0 aromatic carbocycles. The molecule has 0 spiro atoms. The Labute approximate surface area is 156 Å². The first-order chi connectivity index (χ1) is 12.5. The van der Waals surface area contributed by atoms with E-state index in [1.54, 1.807) is 0 Å². The first kappa shape index (κ1) is 31.1. The average molecular weight is 417 g/mol. The third-order valence-corrected chi connectivity index (χ3v) is 3.37. The zero-order valence-corrected chi connectivity index (χ0v) is 15.7. The van der Waals surface area contributed by atoms with E-state index in [1.165, 1.54) is 12.8 Å². The fourth-order valence-electron chi connectivity index (χ4n) is 1.56. The highest BCUT2D eigenvalue weighted by atomic mass is 19.3. The van der Waals surface area contributed by atoms with Gasteiger partial charge in [-0.3, -0.25) is 0 Å². The summed E-state index contributed by atoms with van der Waals surface area (Å²) in [5, 5.41) is 2.75. The van der Waals surface area contributed by atoms with Crippen molar-refractivity contribution >= 4 is 8.12 Å². The zero-order valence-electron chi connectivity index (χ0n) is 15.7. The van der Waals surface area contributed by atoms with Crippen LogP contribution in [0.1, 0.15) is 65.2 Å². The molecule has 164 valence electrons. The van der Waals surface area contributed by atoms with Gasteiger partial charge >= 0.3 is 32.8 Å². The van der Waals surface area contributed by atoms with Gasteiger partial charge < -0.3 is 9.63 Å². The van der Waals surface area contributed by atoms with E-state index in [0.29, 0.717) is 0 Å². The molecule has 0 saturated carbocycles. The summed E-state index contributed by atoms with van der Waals surface area (Å²) in [6.07, 6.45) is -6.23. The van der Waals surface area contributed by atoms with Crippen LogP contribution in [0.5, 0.6) is 0 Å². The zero-order chi connectivity index (χ0) is 21.9. The third-order valence-electron chi connectivity index (χ3n) is 3.37. The summed E-state index contributed by atoms with van der Waals surface area (Å²) < 4.78 is 106. The molecule has 0 rings (SSSR count). The summed E-state index contributed by atoms with van der Waals surface area (Å²) in [6, 6.07) is 0. The second-order valence-electron chi connectivity index (χ2n) is 5.79. The van der Waals surface area contributed by atoms with E-state index in [-0.39, 0.29) is 38.8 Å². The minimum atomic E-state index is -3.99. The highest BCUT2D eigenvalue weighted by molar-refractivity contribution is 5.96. The Bertz CT molecular complexity index is 278. The summed E-state index contributed by atoms with van der Waals surface area (Å²) in [6.45, 7) is 4.93. The van der Waals surface area contributed by atoms with E-state index in [9.17, 15) is 35.1 Å². The molecule has 0 amide bonds. The predicted molar refractivity (Wildman–Crippen MR) is 89.9 cm³/mol. The summed E-state index contributed by atoms with van der Waals surface area (Å²) >= 11 is 0. The standard InChI is InChI=1S/C12H19F8N.C4H10.BF/c13-9(14)11(17,18)5-1-3-7-21-8-4-2-6-12(19,20)10(15)16;1-3-4-2;1-2/h9-10,21H,1-8H2;3-4H2,1-2H3;.